The number of aliphatic imine (C=N–C) groups is 1. The van der Waals surface area contributed by atoms with Gasteiger partial charge in [-0.3, -0.25) is 9.79 Å². The Balaban J connectivity index is 1.93. The summed E-state index contributed by atoms with van der Waals surface area (Å²) in [7, 11) is 3.08. The molecular formula is C18H28N4O3. The second-order valence-corrected chi connectivity index (χ2v) is 5.74. The van der Waals surface area contributed by atoms with Crippen molar-refractivity contribution in [3.05, 3.63) is 24.3 Å². The third-order valence-corrected chi connectivity index (χ3v) is 4.14. The molecule has 0 aromatic heterocycles. The van der Waals surface area contributed by atoms with Gasteiger partial charge in [0, 0.05) is 44.5 Å². The van der Waals surface area contributed by atoms with Gasteiger partial charge in [0.05, 0.1) is 27.2 Å². The van der Waals surface area contributed by atoms with Crippen LogP contribution in [0.4, 0.5) is 5.69 Å². The van der Waals surface area contributed by atoms with Gasteiger partial charge in [-0.2, -0.15) is 0 Å². The van der Waals surface area contributed by atoms with Crippen LogP contribution in [0.5, 0.6) is 5.75 Å². The minimum Gasteiger partial charge on any atom is -0.497 e. The van der Waals surface area contributed by atoms with E-state index in [1.54, 1.807) is 7.11 Å². The van der Waals surface area contributed by atoms with Crippen LogP contribution in [0.3, 0.4) is 0 Å². The Labute approximate surface area is 149 Å². The van der Waals surface area contributed by atoms with Crippen molar-refractivity contribution in [1.82, 2.24) is 10.2 Å². The van der Waals surface area contributed by atoms with E-state index < -0.39 is 0 Å². The number of esters is 1. The number of nitrogens with one attached hydrogen (secondary N) is 1. The van der Waals surface area contributed by atoms with E-state index in [1.807, 2.05) is 19.1 Å². The number of benzene rings is 1. The number of methoxy groups -OCH3 is 2. The van der Waals surface area contributed by atoms with E-state index in [9.17, 15) is 4.79 Å². The van der Waals surface area contributed by atoms with Gasteiger partial charge < -0.3 is 24.6 Å². The van der Waals surface area contributed by atoms with E-state index >= 15 is 0 Å². The lowest BCUT2D eigenvalue weighted by Gasteiger charge is -2.37. The summed E-state index contributed by atoms with van der Waals surface area (Å²) in [5.41, 5.74) is 1.17. The van der Waals surface area contributed by atoms with Gasteiger partial charge in [-0.25, -0.2) is 0 Å². The molecule has 1 N–H and O–H groups in total. The topological polar surface area (TPSA) is 66.4 Å². The van der Waals surface area contributed by atoms with Gasteiger partial charge in [0.2, 0.25) is 0 Å². The van der Waals surface area contributed by atoms with Crippen molar-refractivity contribution in [1.29, 1.82) is 0 Å². The van der Waals surface area contributed by atoms with Crippen molar-refractivity contribution in [2.24, 2.45) is 4.99 Å². The molecule has 0 aliphatic carbocycles. The lowest BCUT2D eigenvalue weighted by Crippen LogP contribution is -2.52. The summed E-state index contributed by atoms with van der Waals surface area (Å²) in [6.07, 6.45) is 0.301. The Kier molecular flexibility index (Phi) is 7.37. The molecule has 7 nitrogen and oxygen atoms in total. The van der Waals surface area contributed by atoms with Crippen LogP contribution in [0, 0.1) is 0 Å². The maximum atomic E-state index is 11.2. The van der Waals surface area contributed by atoms with Crippen LogP contribution in [-0.2, 0) is 9.53 Å². The first-order valence-electron chi connectivity index (χ1n) is 8.67. The minimum absolute atomic E-state index is 0.234. The predicted molar refractivity (Wildman–Crippen MR) is 99.4 cm³/mol. The average Bonchev–Trinajstić information content (AvgIpc) is 2.67. The summed E-state index contributed by atoms with van der Waals surface area (Å²) in [5, 5.41) is 3.30. The summed E-state index contributed by atoms with van der Waals surface area (Å²) in [6.45, 7) is 6.85. The highest BCUT2D eigenvalue weighted by atomic mass is 16.5. The number of hydrogen-bond donors (Lipinski definition) is 1. The molecule has 0 spiro atoms. The van der Waals surface area contributed by atoms with Crippen molar-refractivity contribution in [3.63, 3.8) is 0 Å². The van der Waals surface area contributed by atoms with Crippen LogP contribution in [0.2, 0.25) is 0 Å². The number of ether oxygens (including phenoxy) is 2. The molecular weight excluding hydrogens is 320 g/mol. The Hall–Kier alpha value is -2.44. The Bertz CT molecular complexity index is 583. The zero-order chi connectivity index (χ0) is 18.1. The van der Waals surface area contributed by atoms with E-state index in [4.69, 9.17) is 4.74 Å². The molecule has 1 aromatic carbocycles. The van der Waals surface area contributed by atoms with E-state index in [0.717, 1.165) is 44.4 Å². The third kappa shape index (κ3) is 5.55. The summed E-state index contributed by atoms with van der Waals surface area (Å²) in [4.78, 5) is 20.4. The van der Waals surface area contributed by atoms with Gasteiger partial charge in [0.15, 0.2) is 5.96 Å². The fourth-order valence-electron chi connectivity index (χ4n) is 2.76. The van der Waals surface area contributed by atoms with Crippen LogP contribution < -0.4 is 15.0 Å². The molecule has 25 heavy (non-hydrogen) atoms. The highest BCUT2D eigenvalue weighted by Crippen LogP contribution is 2.22. The number of hydrogen-bond acceptors (Lipinski definition) is 5. The molecule has 1 aliphatic heterocycles. The van der Waals surface area contributed by atoms with Gasteiger partial charge in [-0.1, -0.05) is 6.07 Å². The van der Waals surface area contributed by atoms with E-state index in [-0.39, 0.29) is 5.97 Å². The molecule has 0 unspecified atom stereocenters. The zero-order valence-electron chi connectivity index (χ0n) is 15.3. The maximum absolute atomic E-state index is 11.2. The molecule has 0 saturated carbocycles. The Morgan fingerprint density at radius 1 is 1.24 bits per heavy atom. The number of nitrogens with zero attached hydrogens (tertiary/aromatic N) is 3. The maximum Gasteiger partial charge on any atom is 0.307 e. The molecule has 1 aliphatic rings. The molecule has 1 fully saturated rings. The molecule has 0 radical (unpaired) electrons. The number of guanidine groups is 1. The Morgan fingerprint density at radius 2 is 2.00 bits per heavy atom. The summed E-state index contributed by atoms with van der Waals surface area (Å²) in [5.74, 6) is 1.50. The van der Waals surface area contributed by atoms with Crippen molar-refractivity contribution in [3.8, 4) is 5.75 Å². The average molecular weight is 348 g/mol. The third-order valence-electron chi connectivity index (χ3n) is 4.14. The number of piperazine rings is 1. The van der Waals surface area contributed by atoms with Crippen molar-refractivity contribution in [2.45, 2.75) is 13.3 Å². The predicted octanol–water partition coefficient (Wildman–Crippen LogP) is 1.35. The van der Waals surface area contributed by atoms with Gasteiger partial charge in [0.1, 0.15) is 5.75 Å². The number of carbonyl (C=O) groups excluding carboxylic acids is 1. The first-order valence-corrected chi connectivity index (χ1v) is 8.67. The van der Waals surface area contributed by atoms with Crippen molar-refractivity contribution >= 4 is 17.6 Å². The summed E-state index contributed by atoms with van der Waals surface area (Å²) < 4.78 is 9.97. The molecule has 138 valence electrons. The molecule has 2 rings (SSSR count). The quantitative estimate of drug-likeness (QED) is 0.475. The minimum atomic E-state index is -0.234. The molecule has 0 bridgehead atoms. The Morgan fingerprint density at radius 3 is 2.64 bits per heavy atom. The fraction of sp³-hybridized carbons (Fsp3) is 0.556. The molecule has 1 aromatic rings. The van der Waals surface area contributed by atoms with Gasteiger partial charge in [0.25, 0.3) is 0 Å². The first kappa shape index (κ1) is 18.9. The second-order valence-electron chi connectivity index (χ2n) is 5.74. The largest absolute Gasteiger partial charge is 0.497 e. The molecule has 0 amide bonds. The molecule has 1 saturated heterocycles. The van der Waals surface area contributed by atoms with Gasteiger partial charge in [-0.05, 0) is 19.1 Å². The van der Waals surface area contributed by atoms with Crippen LogP contribution >= 0.6 is 0 Å². The van der Waals surface area contributed by atoms with E-state index in [0.29, 0.717) is 13.0 Å². The monoisotopic (exact) mass is 348 g/mol. The molecule has 0 atom stereocenters. The smallest absolute Gasteiger partial charge is 0.307 e. The summed E-state index contributed by atoms with van der Waals surface area (Å²) in [6, 6.07) is 8.13. The SMILES string of the molecule is CCNC(=NCCC(=O)OC)N1CCN(c2cccc(OC)c2)CC1. The van der Waals surface area contributed by atoms with E-state index in [2.05, 4.69) is 37.0 Å². The number of carbonyl (C=O) groups is 1. The highest BCUT2D eigenvalue weighted by molar-refractivity contribution is 5.80. The van der Waals surface area contributed by atoms with Crippen molar-refractivity contribution < 1.29 is 14.3 Å². The van der Waals surface area contributed by atoms with Crippen LogP contribution in [-0.4, -0.2) is 70.3 Å². The normalized spacial score (nSPS) is 15.1. The number of anilines is 1. The highest BCUT2D eigenvalue weighted by Gasteiger charge is 2.20. The number of rotatable bonds is 6. The van der Waals surface area contributed by atoms with Crippen LogP contribution in [0.25, 0.3) is 0 Å². The molecule has 1 heterocycles. The van der Waals surface area contributed by atoms with Crippen LogP contribution in [0.1, 0.15) is 13.3 Å². The fourth-order valence-corrected chi connectivity index (χ4v) is 2.76. The van der Waals surface area contributed by atoms with E-state index in [1.165, 1.54) is 12.8 Å². The second kappa shape index (κ2) is 9.76. The summed E-state index contributed by atoms with van der Waals surface area (Å²) >= 11 is 0. The van der Waals surface area contributed by atoms with Crippen LogP contribution in [0.15, 0.2) is 29.3 Å². The van der Waals surface area contributed by atoms with Gasteiger partial charge >= 0.3 is 5.97 Å². The zero-order valence-corrected chi connectivity index (χ0v) is 15.3. The lowest BCUT2D eigenvalue weighted by molar-refractivity contribution is -0.140. The lowest BCUT2D eigenvalue weighted by atomic mass is 10.2. The van der Waals surface area contributed by atoms with Gasteiger partial charge in [-0.15, -0.1) is 0 Å². The molecule has 7 heteroatoms. The van der Waals surface area contributed by atoms with Crippen molar-refractivity contribution in [2.75, 3.05) is 58.4 Å². The standard InChI is InChI=1S/C18H28N4O3/c1-4-19-18(20-9-8-17(23)25-3)22-12-10-21(11-13-22)15-6-5-7-16(14-15)24-2/h5-7,14H,4,8-13H2,1-3H3,(H,19,20). The first-order chi connectivity index (χ1) is 12.2.